The van der Waals surface area contributed by atoms with Crippen molar-refractivity contribution in [2.24, 2.45) is 0 Å². The first-order valence-corrected chi connectivity index (χ1v) is 4.80. The van der Waals surface area contributed by atoms with Gasteiger partial charge < -0.3 is 0 Å². The summed E-state index contributed by atoms with van der Waals surface area (Å²) < 4.78 is 1.32. The van der Waals surface area contributed by atoms with E-state index in [1.54, 1.807) is 36.8 Å². The molecule has 0 spiro atoms. The molecular weight excluding hydrogens is 190 g/mol. The van der Waals surface area contributed by atoms with Crippen molar-refractivity contribution >= 4 is 5.91 Å². The summed E-state index contributed by atoms with van der Waals surface area (Å²) in [5.74, 6) is -0.199. The summed E-state index contributed by atoms with van der Waals surface area (Å²) in [5, 5.41) is 3.99. The van der Waals surface area contributed by atoms with E-state index in [2.05, 4.69) is 10.1 Å². The maximum absolute atomic E-state index is 11.8. The van der Waals surface area contributed by atoms with Gasteiger partial charge in [0.05, 0.1) is 6.20 Å². The summed E-state index contributed by atoms with van der Waals surface area (Å²) in [6.07, 6.45) is 5.89. The smallest absolute Gasteiger partial charge is 0.265 e. The number of nitrogens with zero attached hydrogens (tertiary/aromatic N) is 3. The molecule has 76 valence electrons. The molecule has 0 amide bonds. The molecule has 0 fully saturated rings. The van der Waals surface area contributed by atoms with Gasteiger partial charge in [-0.05, 0) is 24.1 Å². The van der Waals surface area contributed by atoms with Crippen LogP contribution in [0.2, 0.25) is 0 Å². The van der Waals surface area contributed by atoms with Crippen LogP contribution in [0, 0.1) is 0 Å². The number of carbonyl (C=O) groups excluding carboxylic acids is 1. The van der Waals surface area contributed by atoms with Crippen molar-refractivity contribution in [3.8, 4) is 0 Å². The Morgan fingerprint density at radius 2 is 2.33 bits per heavy atom. The number of pyridine rings is 1. The lowest BCUT2D eigenvalue weighted by Gasteiger charge is -1.97. The van der Waals surface area contributed by atoms with Crippen molar-refractivity contribution in [2.75, 3.05) is 0 Å². The second-order valence-corrected chi connectivity index (χ2v) is 3.17. The van der Waals surface area contributed by atoms with Crippen molar-refractivity contribution in [3.05, 3.63) is 48.0 Å². The van der Waals surface area contributed by atoms with Gasteiger partial charge in [-0.25, -0.2) is 4.68 Å². The Bertz CT molecular complexity index is 462. The number of rotatable bonds is 2. The maximum Gasteiger partial charge on any atom is 0.296 e. The van der Waals surface area contributed by atoms with Crippen LogP contribution in [0.3, 0.4) is 0 Å². The highest BCUT2D eigenvalue weighted by Crippen LogP contribution is 2.02. The third kappa shape index (κ3) is 1.93. The maximum atomic E-state index is 11.8. The molecule has 0 bridgehead atoms. The van der Waals surface area contributed by atoms with Gasteiger partial charge in [0.25, 0.3) is 5.91 Å². The monoisotopic (exact) mass is 201 g/mol. The lowest BCUT2D eigenvalue weighted by Crippen LogP contribution is -2.13. The number of carbonyl (C=O) groups is 1. The van der Waals surface area contributed by atoms with E-state index in [1.165, 1.54) is 4.68 Å². The molecule has 0 saturated heterocycles. The van der Waals surface area contributed by atoms with Gasteiger partial charge in [0.15, 0.2) is 0 Å². The molecule has 0 saturated carbocycles. The minimum absolute atomic E-state index is 0.199. The van der Waals surface area contributed by atoms with Crippen LogP contribution in [0.5, 0.6) is 0 Å². The predicted molar refractivity (Wildman–Crippen MR) is 55.6 cm³/mol. The molecule has 4 nitrogen and oxygen atoms in total. The molecule has 2 rings (SSSR count). The van der Waals surface area contributed by atoms with E-state index in [9.17, 15) is 4.79 Å². The lowest BCUT2D eigenvalue weighted by atomic mass is 10.3. The minimum atomic E-state index is -0.199. The highest BCUT2D eigenvalue weighted by Gasteiger charge is 2.09. The summed E-state index contributed by atoms with van der Waals surface area (Å²) in [6.45, 7) is 2.02. The fraction of sp³-hybridized carbons (Fsp3) is 0.182. The molecule has 0 radical (unpaired) electrons. The average molecular weight is 201 g/mol. The summed E-state index contributed by atoms with van der Waals surface area (Å²) in [6, 6.07) is 5.23. The number of aryl methyl sites for hydroxylation is 1. The van der Waals surface area contributed by atoms with E-state index in [4.69, 9.17) is 0 Å². The molecule has 2 aromatic rings. The van der Waals surface area contributed by atoms with E-state index in [-0.39, 0.29) is 5.91 Å². The number of hydrogen-bond donors (Lipinski definition) is 0. The summed E-state index contributed by atoms with van der Waals surface area (Å²) in [5.41, 5.74) is 1.45. The van der Waals surface area contributed by atoms with Crippen LogP contribution in [0.4, 0.5) is 0 Å². The molecule has 0 aliphatic heterocycles. The van der Waals surface area contributed by atoms with Gasteiger partial charge in [0, 0.05) is 12.4 Å². The van der Waals surface area contributed by atoms with Crippen LogP contribution in [0.1, 0.15) is 23.0 Å². The molecule has 0 aliphatic rings. The molecule has 4 heteroatoms. The van der Waals surface area contributed by atoms with Crippen LogP contribution in [-0.4, -0.2) is 20.7 Å². The first-order chi connectivity index (χ1) is 7.31. The highest BCUT2D eigenvalue weighted by molar-refractivity contribution is 5.93. The van der Waals surface area contributed by atoms with E-state index in [0.717, 1.165) is 12.0 Å². The van der Waals surface area contributed by atoms with E-state index < -0.39 is 0 Å². The van der Waals surface area contributed by atoms with Gasteiger partial charge in [-0.3, -0.25) is 9.78 Å². The first-order valence-electron chi connectivity index (χ1n) is 4.80. The summed E-state index contributed by atoms with van der Waals surface area (Å²) >= 11 is 0. The Morgan fingerprint density at radius 3 is 2.93 bits per heavy atom. The first kappa shape index (κ1) is 9.58. The van der Waals surface area contributed by atoms with Crippen LogP contribution in [0.25, 0.3) is 0 Å². The predicted octanol–water partition coefficient (Wildman–Crippen LogP) is 1.53. The van der Waals surface area contributed by atoms with E-state index in [1.807, 2.05) is 6.92 Å². The quantitative estimate of drug-likeness (QED) is 0.740. The topological polar surface area (TPSA) is 47.8 Å². The molecule has 0 unspecified atom stereocenters. The molecule has 0 atom stereocenters. The van der Waals surface area contributed by atoms with Crippen molar-refractivity contribution in [3.63, 3.8) is 0 Å². The van der Waals surface area contributed by atoms with Crippen LogP contribution in [-0.2, 0) is 6.42 Å². The largest absolute Gasteiger partial charge is 0.296 e. The van der Waals surface area contributed by atoms with Crippen LogP contribution >= 0.6 is 0 Å². The standard InChI is InChI=1S/C11H11N3O/c1-2-9-7-13-14(8-9)11(15)10-5-3-4-6-12-10/h3-8H,2H2,1H3. The van der Waals surface area contributed by atoms with Gasteiger partial charge in [0.2, 0.25) is 0 Å². The Kier molecular flexibility index (Phi) is 2.58. The highest BCUT2D eigenvalue weighted by atomic mass is 16.2. The van der Waals surface area contributed by atoms with Crippen LogP contribution in [0.15, 0.2) is 36.8 Å². The number of aromatic nitrogens is 3. The van der Waals surface area contributed by atoms with Gasteiger partial charge in [-0.1, -0.05) is 13.0 Å². The molecular formula is C11H11N3O. The lowest BCUT2D eigenvalue weighted by molar-refractivity contribution is 0.0940. The third-order valence-electron chi connectivity index (χ3n) is 2.14. The second-order valence-electron chi connectivity index (χ2n) is 3.17. The Balaban J connectivity index is 2.29. The van der Waals surface area contributed by atoms with Crippen molar-refractivity contribution in [1.29, 1.82) is 0 Å². The molecule has 15 heavy (non-hydrogen) atoms. The number of hydrogen-bond acceptors (Lipinski definition) is 3. The Hall–Kier alpha value is -1.97. The van der Waals surface area contributed by atoms with Crippen molar-refractivity contribution < 1.29 is 4.79 Å². The van der Waals surface area contributed by atoms with Crippen LogP contribution < -0.4 is 0 Å². The zero-order valence-corrected chi connectivity index (χ0v) is 8.42. The van der Waals surface area contributed by atoms with Gasteiger partial charge in [0.1, 0.15) is 5.69 Å². The van der Waals surface area contributed by atoms with Crippen molar-refractivity contribution in [2.45, 2.75) is 13.3 Å². The normalized spacial score (nSPS) is 10.2. The fourth-order valence-corrected chi connectivity index (χ4v) is 1.26. The molecule has 2 aromatic heterocycles. The fourth-order valence-electron chi connectivity index (χ4n) is 1.26. The molecule has 0 aliphatic carbocycles. The zero-order valence-electron chi connectivity index (χ0n) is 8.42. The average Bonchev–Trinajstić information content (AvgIpc) is 2.78. The molecule has 2 heterocycles. The summed E-state index contributed by atoms with van der Waals surface area (Å²) in [7, 11) is 0. The van der Waals surface area contributed by atoms with Gasteiger partial charge >= 0.3 is 0 Å². The Morgan fingerprint density at radius 1 is 1.47 bits per heavy atom. The Labute approximate surface area is 87.6 Å². The van der Waals surface area contributed by atoms with E-state index >= 15 is 0 Å². The summed E-state index contributed by atoms with van der Waals surface area (Å²) in [4.78, 5) is 15.8. The van der Waals surface area contributed by atoms with Gasteiger partial charge in [-0.2, -0.15) is 5.10 Å². The molecule has 0 N–H and O–H groups in total. The second kappa shape index (κ2) is 4.04. The third-order valence-corrected chi connectivity index (χ3v) is 2.14. The molecule has 0 aromatic carbocycles. The van der Waals surface area contributed by atoms with E-state index in [0.29, 0.717) is 5.69 Å². The minimum Gasteiger partial charge on any atom is -0.265 e. The SMILES string of the molecule is CCc1cnn(C(=O)c2ccccn2)c1. The van der Waals surface area contributed by atoms with Crippen molar-refractivity contribution in [1.82, 2.24) is 14.8 Å². The van der Waals surface area contributed by atoms with Gasteiger partial charge in [-0.15, -0.1) is 0 Å². The zero-order chi connectivity index (χ0) is 10.7.